The SMILES string of the molecule is CC(C)C(=O)N1CCC[C@H](n2nnn(-c3ccccc3)c2=O)C1. The van der Waals surface area contributed by atoms with Crippen molar-refractivity contribution in [3.05, 3.63) is 40.8 Å². The van der Waals surface area contributed by atoms with Crippen LogP contribution in [0.3, 0.4) is 0 Å². The van der Waals surface area contributed by atoms with Gasteiger partial charge in [-0.3, -0.25) is 4.79 Å². The van der Waals surface area contributed by atoms with Crippen LogP contribution in [0.15, 0.2) is 35.1 Å². The summed E-state index contributed by atoms with van der Waals surface area (Å²) in [6, 6.07) is 9.10. The summed E-state index contributed by atoms with van der Waals surface area (Å²) in [5.41, 5.74) is 0.426. The second kappa shape index (κ2) is 6.36. The van der Waals surface area contributed by atoms with Gasteiger partial charge in [0.15, 0.2) is 0 Å². The van der Waals surface area contributed by atoms with Crippen LogP contribution in [0.1, 0.15) is 32.7 Å². The Labute approximate surface area is 134 Å². The van der Waals surface area contributed by atoms with Gasteiger partial charge in [-0.05, 0) is 35.4 Å². The molecule has 0 bridgehead atoms. The van der Waals surface area contributed by atoms with Crippen molar-refractivity contribution in [1.82, 2.24) is 24.7 Å². The molecule has 1 aliphatic rings. The molecule has 1 amide bonds. The molecule has 0 unspecified atom stereocenters. The number of rotatable bonds is 3. The number of nitrogens with zero attached hydrogens (tertiary/aromatic N) is 5. The Bertz CT molecular complexity index is 734. The fourth-order valence-electron chi connectivity index (χ4n) is 2.94. The minimum Gasteiger partial charge on any atom is -0.340 e. The van der Waals surface area contributed by atoms with Gasteiger partial charge in [-0.1, -0.05) is 32.0 Å². The van der Waals surface area contributed by atoms with Crippen LogP contribution in [0.4, 0.5) is 0 Å². The lowest BCUT2D eigenvalue weighted by molar-refractivity contribution is -0.136. The number of hydrogen-bond donors (Lipinski definition) is 0. The zero-order valence-corrected chi connectivity index (χ0v) is 13.4. The first kappa shape index (κ1) is 15.5. The van der Waals surface area contributed by atoms with E-state index in [1.54, 1.807) is 0 Å². The highest BCUT2D eigenvalue weighted by Gasteiger charge is 2.28. The zero-order chi connectivity index (χ0) is 16.4. The molecule has 122 valence electrons. The van der Waals surface area contributed by atoms with Crippen molar-refractivity contribution < 1.29 is 4.79 Å². The van der Waals surface area contributed by atoms with Crippen LogP contribution >= 0.6 is 0 Å². The van der Waals surface area contributed by atoms with E-state index in [9.17, 15) is 9.59 Å². The third-order valence-electron chi connectivity index (χ3n) is 4.15. The molecular weight excluding hydrogens is 294 g/mol. The van der Waals surface area contributed by atoms with E-state index >= 15 is 0 Å². The normalized spacial score (nSPS) is 18.4. The van der Waals surface area contributed by atoms with E-state index in [0.29, 0.717) is 12.2 Å². The molecule has 0 radical (unpaired) electrons. The number of carbonyl (C=O) groups excluding carboxylic acids is 1. The summed E-state index contributed by atoms with van der Waals surface area (Å²) in [6.07, 6.45) is 1.70. The van der Waals surface area contributed by atoms with Crippen molar-refractivity contribution in [3.63, 3.8) is 0 Å². The van der Waals surface area contributed by atoms with Crippen molar-refractivity contribution in [2.45, 2.75) is 32.7 Å². The van der Waals surface area contributed by atoms with E-state index in [1.165, 1.54) is 9.36 Å². The van der Waals surface area contributed by atoms with Crippen LogP contribution in [0.2, 0.25) is 0 Å². The van der Waals surface area contributed by atoms with E-state index in [-0.39, 0.29) is 23.6 Å². The number of likely N-dealkylation sites (tertiary alicyclic amines) is 1. The summed E-state index contributed by atoms with van der Waals surface area (Å²) >= 11 is 0. The third-order valence-corrected chi connectivity index (χ3v) is 4.15. The lowest BCUT2D eigenvalue weighted by Gasteiger charge is -2.33. The van der Waals surface area contributed by atoms with Crippen LogP contribution in [0.5, 0.6) is 0 Å². The average molecular weight is 315 g/mol. The van der Waals surface area contributed by atoms with Crippen molar-refractivity contribution in [2.24, 2.45) is 5.92 Å². The number of tetrazole rings is 1. The Balaban J connectivity index is 1.84. The molecule has 2 aromatic rings. The summed E-state index contributed by atoms with van der Waals surface area (Å²) < 4.78 is 2.70. The molecule has 0 spiro atoms. The number of amides is 1. The quantitative estimate of drug-likeness (QED) is 0.854. The highest BCUT2D eigenvalue weighted by Crippen LogP contribution is 2.20. The van der Waals surface area contributed by atoms with Crippen LogP contribution in [-0.4, -0.2) is 43.7 Å². The summed E-state index contributed by atoms with van der Waals surface area (Å²) in [5, 5.41) is 8.01. The van der Waals surface area contributed by atoms with Crippen LogP contribution in [0, 0.1) is 5.92 Å². The first-order valence-electron chi connectivity index (χ1n) is 7.96. The average Bonchev–Trinajstić information content (AvgIpc) is 2.96. The summed E-state index contributed by atoms with van der Waals surface area (Å²) in [4.78, 5) is 26.6. The number of para-hydroxylation sites is 1. The predicted molar refractivity (Wildman–Crippen MR) is 85.3 cm³/mol. The van der Waals surface area contributed by atoms with Crippen LogP contribution in [0.25, 0.3) is 5.69 Å². The number of carbonyl (C=O) groups is 1. The molecule has 3 rings (SSSR count). The number of benzene rings is 1. The maximum Gasteiger partial charge on any atom is 0.368 e. The Hall–Kier alpha value is -2.44. The van der Waals surface area contributed by atoms with Gasteiger partial charge in [0, 0.05) is 19.0 Å². The second-order valence-corrected chi connectivity index (χ2v) is 6.19. The summed E-state index contributed by atoms with van der Waals surface area (Å²) in [6.45, 7) is 5.05. The fourth-order valence-corrected chi connectivity index (χ4v) is 2.94. The largest absolute Gasteiger partial charge is 0.368 e. The van der Waals surface area contributed by atoms with Crippen molar-refractivity contribution in [2.75, 3.05) is 13.1 Å². The lowest BCUT2D eigenvalue weighted by Crippen LogP contribution is -2.44. The fraction of sp³-hybridized carbons (Fsp3) is 0.500. The van der Waals surface area contributed by atoms with E-state index in [2.05, 4.69) is 10.4 Å². The van der Waals surface area contributed by atoms with Crippen molar-refractivity contribution >= 4 is 5.91 Å². The molecule has 7 heteroatoms. The molecule has 2 heterocycles. The molecule has 1 saturated heterocycles. The first-order valence-corrected chi connectivity index (χ1v) is 7.96. The molecule has 7 nitrogen and oxygen atoms in total. The van der Waals surface area contributed by atoms with Gasteiger partial charge in [-0.2, -0.15) is 9.36 Å². The van der Waals surface area contributed by atoms with Crippen molar-refractivity contribution in [3.8, 4) is 5.69 Å². The molecule has 1 aliphatic heterocycles. The van der Waals surface area contributed by atoms with Gasteiger partial charge < -0.3 is 4.90 Å². The van der Waals surface area contributed by atoms with Gasteiger partial charge in [0.25, 0.3) is 0 Å². The van der Waals surface area contributed by atoms with Gasteiger partial charge in [-0.25, -0.2) is 4.79 Å². The first-order chi connectivity index (χ1) is 11.1. The van der Waals surface area contributed by atoms with E-state index in [4.69, 9.17) is 0 Å². The smallest absolute Gasteiger partial charge is 0.340 e. The summed E-state index contributed by atoms with van der Waals surface area (Å²) in [7, 11) is 0. The van der Waals surface area contributed by atoms with Gasteiger partial charge in [-0.15, -0.1) is 0 Å². The lowest BCUT2D eigenvalue weighted by atomic mass is 10.0. The number of aromatic nitrogens is 4. The minimum atomic E-state index is -0.264. The Kier molecular flexibility index (Phi) is 4.27. The number of hydrogen-bond acceptors (Lipinski definition) is 4. The highest BCUT2D eigenvalue weighted by molar-refractivity contribution is 5.78. The molecule has 1 fully saturated rings. The molecule has 0 saturated carbocycles. The summed E-state index contributed by atoms with van der Waals surface area (Å²) in [5.74, 6) is 0.0867. The Morgan fingerprint density at radius 3 is 2.65 bits per heavy atom. The molecule has 0 N–H and O–H groups in total. The molecule has 23 heavy (non-hydrogen) atoms. The molecule has 1 aromatic heterocycles. The Morgan fingerprint density at radius 2 is 1.96 bits per heavy atom. The van der Waals surface area contributed by atoms with Gasteiger partial charge in [0.1, 0.15) is 0 Å². The minimum absolute atomic E-state index is 0.0366. The van der Waals surface area contributed by atoms with Crippen molar-refractivity contribution in [1.29, 1.82) is 0 Å². The third kappa shape index (κ3) is 3.04. The van der Waals surface area contributed by atoms with Crippen LogP contribution in [-0.2, 0) is 4.79 Å². The van der Waals surface area contributed by atoms with Gasteiger partial charge in [0.05, 0.1) is 11.7 Å². The molecule has 0 aliphatic carbocycles. The maximum absolute atomic E-state index is 12.6. The Morgan fingerprint density at radius 1 is 1.22 bits per heavy atom. The number of piperidine rings is 1. The van der Waals surface area contributed by atoms with E-state index in [0.717, 1.165) is 19.4 Å². The molecular formula is C16H21N5O2. The molecule has 1 atom stereocenters. The zero-order valence-electron chi connectivity index (χ0n) is 13.4. The van der Waals surface area contributed by atoms with E-state index in [1.807, 2.05) is 49.1 Å². The molecule has 1 aromatic carbocycles. The van der Waals surface area contributed by atoms with Gasteiger partial charge in [0.2, 0.25) is 5.91 Å². The maximum atomic E-state index is 12.6. The highest BCUT2D eigenvalue weighted by atomic mass is 16.2. The van der Waals surface area contributed by atoms with E-state index < -0.39 is 0 Å². The second-order valence-electron chi connectivity index (χ2n) is 6.19. The van der Waals surface area contributed by atoms with Gasteiger partial charge >= 0.3 is 5.69 Å². The topological polar surface area (TPSA) is 73.0 Å². The standard InChI is InChI=1S/C16H21N5O2/c1-12(2)15(22)19-10-6-9-14(11-19)21-16(23)20(17-18-21)13-7-4-3-5-8-13/h3-5,7-8,12,14H,6,9-11H2,1-2H3/t14-/m0/s1. The monoisotopic (exact) mass is 315 g/mol. The van der Waals surface area contributed by atoms with Crippen LogP contribution < -0.4 is 5.69 Å². The predicted octanol–water partition coefficient (Wildman–Crippen LogP) is 1.25.